The number of aromatic nitrogens is 5. The summed E-state index contributed by atoms with van der Waals surface area (Å²) in [6.07, 6.45) is 0.565. The van der Waals surface area contributed by atoms with Gasteiger partial charge in [-0.2, -0.15) is 0 Å². The second-order valence-electron chi connectivity index (χ2n) is 1.92. The van der Waals surface area contributed by atoms with Crippen LogP contribution in [0.15, 0.2) is 5.16 Å². The molecular formula is C4H9N6O+. The largest absolute Gasteiger partial charge is 0.409 e. The summed E-state index contributed by atoms with van der Waals surface area (Å²) in [5, 5.41) is 22.0. The summed E-state index contributed by atoms with van der Waals surface area (Å²) in [5.74, 6) is 0.400. The first kappa shape index (κ1) is 7.58. The van der Waals surface area contributed by atoms with Crippen molar-refractivity contribution < 1.29 is 10.0 Å². The van der Waals surface area contributed by atoms with Gasteiger partial charge in [0.25, 0.3) is 0 Å². The zero-order valence-corrected chi connectivity index (χ0v) is 6.34. The average Bonchev–Trinajstić information content (AvgIpc) is 2.40. The van der Waals surface area contributed by atoms with Crippen LogP contribution < -0.4 is 4.80 Å². The van der Waals surface area contributed by atoms with Gasteiger partial charge in [0.2, 0.25) is 16.3 Å². The van der Waals surface area contributed by atoms with Crippen molar-refractivity contribution in [1.29, 1.82) is 0 Å². The summed E-state index contributed by atoms with van der Waals surface area (Å²) in [6.45, 7) is 1.84. The van der Waals surface area contributed by atoms with Gasteiger partial charge in [0.05, 0.1) is 0 Å². The van der Waals surface area contributed by atoms with Crippen molar-refractivity contribution in [2.75, 3.05) is 0 Å². The molecule has 0 spiro atoms. The fraction of sp³-hybridized carbons (Fsp3) is 0.750. The Balaban J connectivity index is 3.00. The maximum Gasteiger partial charge on any atom is 0.231 e. The van der Waals surface area contributed by atoms with Gasteiger partial charge in [-0.3, -0.25) is 0 Å². The van der Waals surface area contributed by atoms with Crippen molar-refractivity contribution >= 4 is 5.84 Å². The van der Waals surface area contributed by atoms with Crippen molar-refractivity contribution in [3.05, 3.63) is 0 Å². The molecule has 0 bridgehead atoms. The van der Waals surface area contributed by atoms with Crippen molar-refractivity contribution in [2.45, 2.75) is 13.3 Å². The smallest absolute Gasteiger partial charge is 0.231 e. The minimum Gasteiger partial charge on any atom is -0.409 e. The molecule has 7 nitrogen and oxygen atoms in total. The highest BCUT2D eigenvalue weighted by atomic mass is 16.4. The van der Waals surface area contributed by atoms with Crippen LogP contribution in [0.25, 0.3) is 0 Å². The van der Waals surface area contributed by atoms with E-state index in [1.807, 2.05) is 6.92 Å². The highest BCUT2D eigenvalue weighted by Gasteiger charge is 2.12. The minimum atomic E-state index is 0.400. The molecule has 0 radical (unpaired) electrons. The molecule has 0 saturated heterocycles. The molecule has 0 aliphatic heterocycles. The molecule has 7 heteroatoms. The van der Waals surface area contributed by atoms with Crippen molar-refractivity contribution in [2.24, 2.45) is 12.2 Å². The van der Waals surface area contributed by atoms with E-state index in [4.69, 9.17) is 5.21 Å². The number of rotatable bonds is 1. The van der Waals surface area contributed by atoms with E-state index in [9.17, 15) is 0 Å². The molecule has 1 aromatic rings. The third kappa shape index (κ3) is 1.31. The molecule has 1 rings (SSSR count). The highest BCUT2D eigenvalue weighted by molar-refractivity contribution is 5.80. The van der Waals surface area contributed by atoms with Crippen LogP contribution in [0.5, 0.6) is 0 Å². The molecule has 0 unspecified atom stereocenters. The Hall–Kier alpha value is -1.53. The van der Waals surface area contributed by atoms with Gasteiger partial charge in [-0.15, -0.1) is 0 Å². The van der Waals surface area contributed by atoms with Crippen LogP contribution in [0, 0.1) is 0 Å². The average molecular weight is 157 g/mol. The van der Waals surface area contributed by atoms with Crippen molar-refractivity contribution in [3.8, 4) is 0 Å². The topological polar surface area (TPSA) is 80.1 Å². The molecule has 11 heavy (non-hydrogen) atoms. The summed E-state index contributed by atoms with van der Waals surface area (Å²) in [5.41, 5.74) is 0. The van der Waals surface area contributed by atoms with Gasteiger partial charge in [-0.1, -0.05) is 16.9 Å². The Kier molecular flexibility index (Phi) is 2.09. The standard InChI is InChI=1S/C4H8N6O/c1-3-4(5-11)10-8-6-7-9(10)2/h3H2,1-2H3/p+1/b5-4-. The SMILES string of the molecule is CC/C(=N/O)n1nnn[n+]1C. The van der Waals surface area contributed by atoms with Crippen LogP contribution >= 0.6 is 0 Å². The zero-order chi connectivity index (χ0) is 8.27. The van der Waals surface area contributed by atoms with E-state index in [-0.39, 0.29) is 0 Å². The quantitative estimate of drug-likeness (QED) is 0.178. The van der Waals surface area contributed by atoms with Gasteiger partial charge >= 0.3 is 0 Å². The molecule has 60 valence electrons. The van der Waals surface area contributed by atoms with Gasteiger partial charge in [-0.25, -0.2) is 0 Å². The van der Waals surface area contributed by atoms with Gasteiger partial charge in [0.1, 0.15) is 12.3 Å². The second-order valence-corrected chi connectivity index (χ2v) is 1.92. The number of nitrogens with zero attached hydrogens (tertiary/aromatic N) is 6. The van der Waals surface area contributed by atoms with Gasteiger partial charge in [-0.05, 0) is 0 Å². The first-order valence-corrected chi connectivity index (χ1v) is 3.16. The van der Waals surface area contributed by atoms with Gasteiger partial charge in [0.15, 0.2) is 0 Å². The lowest BCUT2D eigenvalue weighted by molar-refractivity contribution is -0.799. The molecule has 1 heterocycles. The molecule has 0 aromatic carbocycles. The normalized spacial score (nSPS) is 12.0. The van der Waals surface area contributed by atoms with E-state index < -0.39 is 0 Å². The van der Waals surface area contributed by atoms with Crippen LogP contribution in [0.1, 0.15) is 13.3 Å². The summed E-state index contributed by atoms with van der Waals surface area (Å²) in [4.78, 5) is 2.68. The van der Waals surface area contributed by atoms with Crippen LogP contribution in [0.3, 0.4) is 0 Å². The maximum atomic E-state index is 8.48. The summed E-state index contributed by atoms with van der Waals surface area (Å²) in [6, 6.07) is 0. The number of aryl methyl sites for hydroxylation is 1. The third-order valence-electron chi connectivity index (χ3n) is 1.23. The molecule has 0 aliphatic carbocycles. The Morgan fingerprint density at radius 2 is 2.45 bits per heavy atom. The molecule has 0 fully saturated rings. The van der Waals surface area contributed by atoms with Crippen molar-refractivity contribution in [3.63, 3.8) is 0 Å². The molecule has 0 aliphatic rings. The summed E-state index contributed by atoms with van der Waals surface area (Å²) in [7, 11) is 1.65. The Morgan fingerprint density at radius 1 is 1.73 bits per heavy atom. The number of hydrogen-bond donors (Lipinski definition) is 1. The predicted molar refractivity (Wildman–Crippen MR) is 33.9 cm³/mol. The highest BCUT2D eigenvalue weighted by Crippen LogP contribution is 1.82. The van der Waals surface area contributed by atoms with E-state index >= 15 is 0 Å². The first-order chi connectivity index (χ1) is 5.29. The Morgan fingerprint density at radius 3 is 2.82 bits per heavy atom. The van der Waals surface area contributed by atoms with E-state index in [0.29, 0.717) is 12.3 Å². The molecule has 1 aromatic heterocycles. The van der Waals surface area contributed by atoms with Crippen molar-refractivity contribution in [1.82, 2.24) is 20.4 Å². The van der Waals surface area contributed by atoms with E-state index in [2.05, 4.69) is 20.8 Å². The monoisotopic (exact) mass is 157 g/mol. The predicted octanol–water partition coefficient (Wildman–Crippen LogP) is -1.46. The van der Waals surface area contributed by atoms with E-state index in [0.717, 1.165) is 0 Å². The fourth-order valence-corrected chi connectivity index (χ4v) is 0.680. The second kappa shape index (κ2) is 3.04. The third-order valence-corrected chi connectivity index (χ3v) is 1.23. The lowest BCUT2D eigenvalue weighted by Crippen LogP contribution is -2.45. The van der Waals surface area contributed by atoms with Crippen LogP contribution in [0.2, 0.25) is 0 Å². The van der Waals surface area contributed by atoms with Crippen LogP contribution in [-0.4, -0.2) is 31.5 Å². The van der Waals surface area contributed by atoms with E-state index in [1.165, 1.54) is 9.59 Å². The van der Waals surface area contributed by atoms with Crippen LogP contribution in [-0.2, 0) is 7.05 Å². The minimum absolute atomic E-state index is 0.400. The maximum absolute atomic E-state index is 8.48. The lowest BCUT2D eigenvalue weighted by atomic mass is 10.5. The lowest BCUT2D eigenvalue weighted by Gasteiger charge is -1.92. The molecule has 0 amide bonds. The Labute approximate surface area is 62.9 Å². The number of oxime groups is 1. The summed E-state index contributed by atoms with van der Waals surface area (Å²) >= 11 is 0. The van der Waals surface area contributed by atoms with Gasteiger partial charge in [0, 0.05) is 11.2 Å². The Bertz CT molecular complexity index is 265. The molecule has 1 N–H and O–H groups in total. The van der Waals surface area contributed by atoms with Gasteiger partial charge < -0.3 is 5.21 Å². The first-order valence-electron chi connectivity index (χ1n) is 3.16. The van der Waals surface area contributed by atoms with Crippen LogP contribution in [0.4, 0.5) is 0 Å². The number of hydrogen-bond acceptors (Lipinski definition) is 5. The molecule has 0 saturated carbocycles. The fourth-order valence-electron chi connectivity index (χ4n) is 0.680. The molecule has 0 atom stereocenters. The molecular weight excluding hydrogens is 148 g/mol. The van der Waals surface area contributed by atoms with E-state index in [1.54, 1.807) is 7.05 Å². The summed E-state index contributed by atoms with van der Waals surface area (Å²) < 4.78 is 0. The zero-order valence-electron chi connectivity index (χ0n) is 6.34.